The molecule has 18 heavy (non-hydrogen) atoms. The molecule has 1 atom stereocenters. The summed E-state index contributed by atoms with van der Waals surface area (Å²) in [7, 11) is 0. The first kappa shape index (κ1) is 12.7. The van der Waals surface area contributed by atoms with Gasteiger partial charge >= 0.3 is 5.97 Å². The highest BCUT2D eigenvalue weighted by molar-refractivity contribution is 5.94. The van der Waals surface area contributed by atoms with Crippen LogP contribution >= 0.6 is 0 Å². The Balaban J connectivity index is 1.93. The van der Waals surface area contributed by atoms with Crippen molar-refractivity contribution in [1.82, 2.24) is 0 Å². The van der Waals surface area contributed by atoms with Crippen molar-refractivity contribution in [3.05, 3.63) is 23.8 Å². The number of anilines is 2. The molecule has 1 aliphatic rings. The fourth-order valence-electron chi connectivity index (χ4n) is 2.07. The third-order valence-electron chi connectivity index (χ3n) is 3.09. The number of nitrogens with two attached hydrogens (primary N) is 1. The molecule has 1 unspecified atom stereocenters. The van der Waals surface area contributed by atoms with Crippen molar-refractivity contribution in [1.29, 1.82) is 0 Å². The van der Waals surface area contributed by atoms with Gasteiger partial charge in [0.1, 0.15) is 0 Å². The van der Waals surface area contributed by atoms with Gasteiger partial charge in [-0.1, -0.05) is 0 Å². The number of carboxylic acids is 1. The molecule has 1 aromatic rings. The molecule has 4 N–H and O–H groups in total. The largest absolute Gasteiger partial charge is 0.478 e. The van der Waals surface area contributed by atoms with Crippen molar-refractivity contribution < 1.29 is 14.6 Å². The van der Waals surface area contributed by atoms with E-state index in [1.165, 1.54) is 12.5 Å². The molecule has 1 saturated heterocycles. The average Bonchev–Trinajstić information content (AvgIpc) is 2.37. The van der Waals surface area contributed by atoms with E-state index in [1.54, 1.807) is 12.1 Å². The summed E-state index contributed by atoms with van der Waals surface area (Å²) in [5.41, 5.74) is 6.91. The lowest BCUT2D eigenvalue weighted by molar-refractivity contribution is 0.0247. The van der Waals surface area contributed by atoms with Crippen molar-refractivity contribution in [2.45, 2.75) is 25.4 Å². The molecule has 0 spiro atoms. The molecule has 1 aliphatic heterocycles. The molecule has 0 aliphatic carbocycles. The maximum Gasteiger partial charge on any atom is 0.337 e. The van der Waals surface area contributed by atoms with E-state index in [-0.39, 0.29) is 17.4 Å². The van der Waals surface area contributed by atoms with Gasteiger partial charge in [-0.15, -0.1) is 0 Å². The van der Waals surface area contributed by atoms with Crippen molar-refractivity contribution in [3.8, 4) is 0 Å². The lowest BCUT2D eigenvalue weighted by Crippen LogP contribution is -2.27. The van der Waals surface area contributed by atoms with Crippen LogP contribution in [0.1, 0.15) is 29.6 Å². The first-order chi connectivity index (χ1) is 8.66. The van der Waals surface area contributed by atoms with Crippen LogP contribution in [-0.2, 0) is 4.74 Å². The Morgan fingerprint density at radius 1 is 1.50 bits per heavy atom. The van der Waals surface area contributed by atoms with E-state index in [0.717, 1.165) is 31.7 Å². The molecule has 1 fully saturated rings. The Hall–Kier alpha value is -1.75. The molecule has 0 radical (unpaired) electrons. The quantitative estimate of drug-likeness (QED) is 0.711. The van der Waals surface area contributed by atoms with Crippen LogP contribution in [0.15, 0.2) is 18.2 Å². The number of benzene rings is 1. The van der Waals surface area contributed by atoms with Crippen LogP contribution in [0.2, 0.25) is 0 Å². The van der Waals surface area contributed by atoms with Crippen molar-refractivity contribution in [2.75, 3.05) is 24.2 Å². The normalized spacial score (nSPS) is 19.4. The van der Waals surface area contributed by atoms with Gasteiger partial charge in [0.05, 0.1) is 11.7 Å². The Morgan fingerprint density at radius 2 is 2.33 bits per heavy atom. The maximum absolute atomic E-state index is 10.8. The molecule has 2 rings (SSSR count). The third-order valence-corrected chi connectivity index (χ3v) is 3.09. The minimum atomic E-state index is -1.00. The van der Waals surface area contributed by atoms with Crippen molar-refractivity contribution in [3.63, 3.8) is 0 Å². The van der Waals surface area contributed by atoms with Crippen LogP contribution in [0.25, 0.3) is 0 Å². The molecule has 98 valence electrons. The lowest BCUT2D eigenvalue weighted by atomic mass is 10.1. The van der Waals surface area contributed by atoms with E-state index in [4.69, 9.17) is 15.6 Å². The van der Waals surface area contributed by atoms with Gasteiger partial charge in [-0.2, -0.15) is 0 Å². The smallest absolute Gasteiger partial charge is 0.337 e. The molecule has 1 aromatic carbocycles. The molecular formula is C13H18N2O3. The van der Waals surface area contributed by atoms with E-state index in [2.05, 4.69) is 5.32 Å². The monoisotopic (exact) mass is 250 g/mol. The summed E-state index contributed by atoms with van der Waals surface area (Å²) < 4.78 is 5.60. The summed E-state index contributed by atoms with van der Waals surface area (Å²) in [5.74, 6) is -1.00. The number of nitrogens with one attached hydrogen (secondary N) is 1. The zero-order chi connectivity index (χ0) is 13.0. The number of rotatable bonds is 4. The average molecular weight is 250 g/mol. The number of hydrogen-bond acceptors (Lipinski definition) is 4. The summed E-state index contributed by atoms with van der Waals surface area (Å²) in [6.45, 7) is 1.55. The van der Waals surface area contributed by atoms with Crippen LogP contribution in [0.5, 0.6) is 0 Å². The van der Waals surface area contributed by atoms with Crippen LogP contribution in [0.3, 0.4) is 0 Å². The number of carbonyl (C=O) groups is 1. The summed E-state index contributed by atoms with van der Waals surface area (Å²) >= 11 is 0. The van der Waals surface area contributed by atoms with Crippen LogP contribution in [-0.4, -0.2) is 30.3 Å². The van der Waals surface area contributed by atoms with Crippen LogP contribution in [0, 0.1) is 0 Å². The molecule has 0 saturated carbocycles. The number of ether oxygens (including phenoxy) is 1. The van der Waals surface area contributed by atoms with E-state index < -0.39 is 5.97 Å². The Kier molecular flexibility index (Phi) is 4.04. The summed E-state index contributed by atoms with van der Waals surface area (Å²) in [4.78, 5) is 10.8. The molecule has 0 amide bonds. The standard InChI is InChI=1S/C13H18N2O3/c14-12-7-9(4-5-11(12)13(16)17)15-8-10-3-1-2-6-18-10/h4-5,7,10,15H,1-3,6,8,14H2,(H,16,17). The second-order valence-electron chi connectivity index (χ2n) is 4.48. The predicted molar refractivity (Wildman–Crippen MR) is 69.9 cm³/mol. The molecule has 5 nitrogen and oxygen atoms in total. The van der Waals surface area contributed by atoms with Gasteiger partial charge in [0, 0.05) is 24.5 Å². The van der Waals surface area contributed by atoms with Gasteiger partial charge in [-0.3, -0.25) is 0 Å². The first-order valence-electron chi connectivity index (χ1n) is 6.15. The summed E-state index contributed by atoms with van der Waals surface area (Å²) in [5, 5.41) is 12.1. The fraction of sp³-hybridized carbons (Fsp3) is 0.462. The minimum Gasteiger partial charge on any atom is -0.478 e. The van der Waals surface area contributed by atoms with Crippen molar-refractivity contribution in [2.24, 2.45) is 0 Å². The summed E-state index contributed by atoms with van der Waals surface area (Å²) in [6.07, 6.45) is 3.64. The lowest BCUT2D eigenvalue weighted by Gasteiger charge is -2.23. The molecule has 5 heteroatoms. The topological polar surface area (TPSA) is 84.6 Å². The van der Waals surface area contributed by atoms with Gasteiger partial charge in [0.2, 0.25) is 0 Å². The number of nitrogen functional groups attached to an aromatic ring is 1. The van der Waals surface area contributed by atoms with E-state index >= 15 is 0 Å². The molecular weight excluding hydrogens is 232 g/mol. The first-order valence-corrected chi connectivity index (χ1v) is 6.15. The van der Waals surface area contributed by atoms with E-state index in [9.17, 15) is 4.79 Å². The Labute approximate surface area is 106 Å². The number of carboxylic acid groups (broad SMARTS) is 1. The SMILES string of the molecule is Nc1cc(NCC2CCCCO2)ccc1C(=O)O. The second kappa shape index (κ2) is 5.73. The number of aromatic carboxylic acids is 1. The molecule has 0 bridgehead atoms. The zero-order valence-corrected chi connectivity index (χ0v) is 10.2. The van der Waals surface area contributed by atoms with E-state index in [0.29, 0.717) is 0 Å². The second-order valence-corrected chi connectivity index (χ2v) is 4.48. The Morgan fingerprint density at radius 3 is 2.94 bits per heavy atom. The van der Waals surface area contributed by atoms with Gasteiger partial charge in [-0.25, -0.2) is 4.79 Å². The molecule has 0 aromatic heterocycles. The highest BCUT2D eigenvalue weighted by atomic mass is 16.5. The van der Waals surface area contributed by atoms with Gasteiger partial charge in [0.25, 0.3) is 0 Å². The Bertz CT molecular complexity index is 428. The van der Waals surface area contributed by atoms with E-state index in [1.807, 2.05) is 0 Å². The van der Waals surface area contributed by atoms with Gasteiger partial charge in [-0.05, 0) is 37.5 Å². The van der Waals surface area contributed by atoms with Crippen molar-refractivity contribution >= 4 is 17.3 Å². The zero-order valence-electron chi connectivity index (χ0n) is 10.2. The fourth-order valence-corrected chi connectivity index (χ4v) is 2.07. The summed E-state index contributed by atoms with van der Waals surface area (Å²) in [6, 6.07) is 4.89. The third kappa shape index (κ3) is 3.13. The highest BCUT2D eigenvalue weighted by Gasteiger charge is 2.14. The number of hydrogen-bond donors (Lipinski definition) is 3. The predicted octanol–water partition coefficient (Wildman–Crippen LogP) is 1.95. The van der Waals surface area contributed by atoms with Crippen LogP contribution in [0.4, 0.5) is 11.4 Å². The maximum atomic E-state index is 10.8. The molecule has 1 heterocycles. The van der Waals surface area contributed by atoms with Gasteiger partial charge in [0.15, 0.2) is 0 Å². The highest BCUT2D eigenvalue weighted by Crippen LogP contribution is 2.19. The van der Waals surface area contributed by atoms with Crippen LogP contribution < -0.4 is 11.1 Å². The van der Waals surface area contributed by atoms with Gasteiger partial charge < -0.3 is 20.9 Å². The minimum absolute atomic E-state index is 0.134.